The summed E-state index contributed by atoms with van der Waals surface area (Å²) in [7, 11) is 3.20. The van der Waals surface area contributed by atoms with E-state index in [2.05, 4.69) is 10.6 Å². The normalized spacial score (nSPS) is 15.9. The Kier molecular flexibility index (Phi) is 7.33. The number of nitrogens with one attached hydrogen (secondary N) is 2. The van der Waals surface area contributed by atoms with Crippen LogP contribution in [0.3, 0.4) is 0 Å². The Labute approximate surface area is 161 Å². The predicted octanol–water partition coefficient (Wildman–Crippen LogP) is 2.49. The minimum atomic E-state index is -0.254. The second-order valence-electron chi connectivity index (χ2n) is 7.10. The second kappa shape index (κ2) is 9.48. The van der Waals surface area contributed by atoms with Gasteiger partial charge < -0.3 is 25.0 Å². The molecule has 0 radical (unpaired) electrons. The van der Waals surface area contributed by atoms with Gasteiger partial charge in [0.05, 0.1) is 20.3 Å². The summed E-state index contributed by atoms with van der Waals surface area (Å²) in [6, 6.07) is 3.50. The van der Waals surface area contributed by atoms with E-state index in [4.69, 9.17) is 9.47 Å². The van der Waals surface area contributed by atoms with Crippen LogP contribution < -0.4 is 20.1 Å². The monoisotopic (exact) mass is 377 g/mol. The molecule has 1 aromatic carbocycles. The standard InChI is InChI=1S/C20H31N3O4/c1-6-21-20(25)23-8-7-14-10-17(26-4)18(27-5)11-15(14)16(23)12-22-19(24)9-13(2)3/h10-11,13,16H,6-9,12H2,1-5H3,(H,21,25)(H,22,24)/t16-/m1/s1. The van der Waals surface area contributed by atoms with Gasteiger partial charge in [0.15, 0.2) is 11.5 Å². The molecule has 2 N–H and O–H groups in total. The van der Waals surface area contributed by atoms with Crippen LogP contribution in [0.4, 0.5) is 4.79 Å². The topological polar surface area (TPSA) is 79.9 Å². The van der Waals surface area contributed by atoms with E-state index < -0.39 is 0 Å². The van der Waals surface area contributed by atoms with Crippen LogP contribution in [0.15, 0.2) is 12.1 Å². The lowest BCUT2D eigenvalue weighted by Gasteiger charge is -2.37. The zero-order valence-corrected chi connectivity index (χ0v) is 16.9. The molecule has 0 aliphatic carbocycles. The third-order valence-electron chi connectivity index (χ3n) is 4.68. The summed E-state index contributed by atoms with van der Waals surface area (Å²) in [5, 5.41) is 5.85. The van der Waals surface area contributed by atoms with Crippen molar-refractivity contribution >= 4 is 11.9 Å². The smallest absolute Gasteiger partial charge is 0.317 e. The Balaban J connectivity index is 2.33. The molecule has 1 atom stereocenters. The second-order valence-corrected chi connectivity index (χ2v) is 7.10. The molecule has 0 fully saturated rings. The number of fused-ring (bicyclic) bond motifs is 1. The maximum absolute atomic E-state index is 12.6. The van der Waals surface area contributed by atoms with Crippen LogP contribution in [0.2, 0.25) is 0 Å². The number of benzene rings is 1. The van der Waals surface area contributed by atoms with Crippen molar-refractivity contribution in [1.29, 1.82) is 0 Å². The molecule has 2 rings (SSSR count). The lowest BCUT2D eigenvalue weighted by molar-refractivity contribution is -0.122. The van der Waals surface area contributed by atoms with Crippen molar-refractivity contribution < 1.29 is 19.1 Å². The molecule has 1 aliphatic rings. The van der Waals surface area contributed by atoms with Gasteiger partial charge in [0.25, 0.3) is 0 Å². The fourth-order valence-electron chi connectivity index (χ4n) is 3.40. The van der Waals surface area contributed by atoms with Crippen molar-refractivity contribution in [2.45, 2.75) is 39.7 Å². The highest BCUT2D eigenvalue weighted by Gasteiger charge is 2.32. The fraction of sp³-hybridized carbons (Fsp3) is 0.600. The molecule has 3 amide bonds. The maximum atomic E-state index is 12.6. The lowest BCUT2D eigenvalue weighted by Crippen LogP contribution is -2.49. The molecule has 0 saturated heterocycles. The summed E-state index contributed by atoms with van der Waals surface area (Å²) < 4.78 is 10.8. The summed E-state index contributed by atoms with van der Waals surface area (Å²) in [6.07, 6.45) is 1.19. The third-order valence-corrected chi connectivity index (χ3v) is 4.68. The van der Waals surface area contributed by atoms with Gasteiger partial charge in [-0.1, -0.05) is 13.8 Å². The van der Waals surface area contributed by atoms with Crippen LogP contribution in [0.5, 0.6) is 11.5 Å². The largest absolute Gasteiger partial charge is 0.493 e. The van der Waals surface area contributed by atoms with Crippen LogP contribution in [0, 0.1) is 5.92 Å². The zero-order valence-electron chi connectivity index (χ0n) is 16.9. The molecule has 1 aliphatic heterocycles. The molecule has 7 heteroatoms. The summed E-state index contributed by atoms with van der Waals surface area (Å²) in [5.41, 5.74) is 2.09. The Morgan fingerprint density at radius 1 is 1.19 bits per heavy atom. The van der Waals surface area contributed by atoms with Crippen LogP contribution in [0.1, 0.15) is 44.4 Å². The molecule has 0 bridgehead atoms. The molecule has 27 heavy (non-hydrogen) atoms. The minimum Gasteiger partial charge on any atom is -0.493 e. The number of hydrogen-bond acceptors (Lipinski definition) is 4. The number of methoxy groups -OCH3 is 2. The van der Waals surface area contributed by atoms with Crippen molar-refractivity contribution in [3.63, 3.8) is 0 Å². The molecule has 7 nitrogen and oxygen atoms in total. The molecule has 0 spiro atoms. The summed E-state index contributed by atoms with van der Waals surface area (Å²) >= 11 is 0. The Morgan fingerprint density at radius 2 is 1.85 bits per heavy atom. The quantitative estimate of drug-likeness (QED) is 0.765. The number of hydrogen-bond donors (Lipinski definition) is 2. The van der Waals surface area contributed by atoms with Crippen molar-refractivity contribution in [3.8, 4) is 11.5 Å². The highest BCUT2D eigenvalue weighted by atomic mass is 16.5. The Morgan fingerprint density at radius 3 is 2.44 bits per heavy atom. The van der Waals surface area contributed by atoms with Crippen LogP contribution in [0.25, 0.3) is 0 Å². The van der Waals surface area contributed by atoms with Crippen LogP contribution >= 0.6 is 0 Å². The van der Waals surface area contributed by atoms with Crippen molar-refractivity contribution in [3.05, 3.63) is 23.3 Å². The molecule has 1 aromatic rings. The Hall–Kier alpha value is -2.44. The number of amides is 3. The van der Waals surface area contributed by atoms with Gasteiger partial charge in [-0.3, -0.25) is 4.79 Å². The number of carbonyl (C=O) groups is 2. The number of carbonyl (C=O) groups excluding carboxylic acids is 2. The third kappa shape index (κ3) is 5.05. The predicted molar refractivity (Wildman–Crippen MR) is 104 cm³/mol. The van der Waals surface area contributed by atoms with E-state index in [1.54, 1.807) is 19.1 Å². The minimum absolute atomic E-state index is 0.00606. The van der Waals surface area contributed by atoms with Crippen LogP contribution in [-0.2, 0) is 11.2 Å². The summed E-state index contributed by atoms with van der Waals surface area (Å²) in [4.78, 5) is 26.5. The van der Waals surface area contributed by atoms with Crippen molar-refractivity contribution in [1.82, 2.24) is 15.5 Å². The van der Waals surface area contributed by atoms with Crippen LogP contribution in [-0.4, -0.2) is 50.7 Å². The number of nitrogens with zero attached hydrogens (tertiary/aromatic N) is 1. The fourth-order valence-corrected chi connectivity index (χ4v) is 3.40. The lowest BCUT2D eigenvalue weighted by atomic mass is 9.91. The molecule has 0 unspecified atom stereocenters. The first-order valence-electron chi connectivity index (χ1n) is 9.47. The van der Waals surface area contributed by atoms with E-state index in [1.165, 1.54) is 0 Å². The van der Waals surface area contributed by atoms with Gasteiger partial charge in [0.1, 0.15) is 0 Å². The van der Waals surface area contributed by atoms with E-state index in [-0.39, 0.29) is 23.9 Å². The van der Waals surface area contributed by atoms with E-state index >= 15 is 0 Å². The van der Waals surface area contributed by atoms with Gasteiger partial charge in [-0.25, -0.2) is 4.79 Å². The van der Waals surface area contributed by atoms with E-state index in [1.807, 2.05) is 32.9 Å². The highest BCUT2D eigenvalue weighted by Crippen LogP contribution is 2.37. The molecule has 1 heterocycles. The average molecular weight is 377 g/mol. The van der Waals surface area contributed by atoms with E-state index in [0.29, 0.717) is 37.6 Å². The van der Waals surface area contributed by atoms with Gasteiger partial charge in [0.2, 0.25) is 5.91 Å². The first kappa shape index (κ1) is 20.9. The average Bonchev–Trinajstić information content (AvgIpc) is 2.64. The highest BCUT2D eigenvalue weighted by molar-refractivity contribution is 5.77. The van der Waals surface area contributed by atoms with Crippen molar-refractivity contribution in [2.24, 2.45) is 5.92 Å². The number of rotatable bonds is 7. The first-order valence-corrected chi connectivity index (χ1v) is 9.47. The number of ether oxygens (including phenoxy) is 2. The molecular weight excluding hydrogens is 346 g/mol. The van der Waals surface area contributed by atoms with Gasteiger partial charge in [-0.05, 0) is 42.5 Å². The van der Waals surface area contributed by atoms with E-state index in [0.717, 1.165) is 17.5 Å². The molecule has 0 aromatic heterocycles. The zero-order chi connectivity index (χ0) is 20.0. The summed E-state index contributed by atoms with van der Waals surface area (Å²) in [6.45, 7) is 7.41. The molecule has 0 saturated carbocycles. The van der Waals surface area contributed by atoms with Gasteiger partial charge in [-0.2, -0.15) is 0 Å². The SMILES string of the molecule is CCNC(=O)N1CCc2cc(OC)c(OC)cc2[C@H]1CNC(=O)CC(C)C. The molecular formula is C20H31N3O4. The van der Waals surface area contributed by atoms with E-state index in [9.17, 15) is 9.59 Å². The Bertz CT molecular complexity index is 675. The molecule has 150 valence electrons. The van der Waals surface area contributed by atoms with Crippen molar-refractivity contribution in [2.75, 3.05) is 33.9 Å². The van der Waals surface area contributed by atoms with Gasteiger partial charge in [-0.15, -0.1) is 0 Å². The van der Waals surface area contributed by atoms with Gasteiger partial charge in [0, 0.05) is 26.1 Å². The number of urea groups is 1. The first-order chi connectivity index (χ1) is 12.9. The summed E-state index contributed by atoms with van der Waals surface area (Å²) in [5.74, 6) is 1.57. The maximum Gasteiger partial charge on any atom is 0.317 e. The van der Waals surface area contributed by atoms with Gasteiger partial charge >= 0.3 is 6.03 Å².